The molecule has 0 heterocycles. The highest BCUT2D eigenvalue weighted by Crippen LogP contribution is 2.45. The second-order valence-electron chi connectivity index (χ2n) is 5.44. The lowest BCUT2D eigenvalue weighted by Gasteiger charge is -2.20. The largest absolute Gasteiger partial charge is 0.508 e. The van der Waals surface area contributed by atoms with Crippen LogP contribution in [-0.2, 0) is 4.74 Å². The molecule has 2 N–H and O–H groups in total. The van der Waals surface area contributed by atoms with Crippen molar-refractivity contribution in [1.29, 1.82) is 0 Å². The van der Waals surface area contributed by atoms with Crippen molar-refractivity contribution in [3.05, 3.63) is 28.8 Å². The summed E-state index contributed by atoms with van der Waals surface area (Å²) in [6.07, 6.45) is 1.04. The molecule has 3 heteroatoms. The third-order valence-electron chi connectivity index (χ3n) is 3.82. The van der Waals surface area contributed by atoms with E-state index in [-0.39, 0.29) is 12.1 Å². The quantitative estimate of drug-likeness (QED) is 0.862. The number of fused-ring (bicyclic) bond motifs is 1. The summed E-state index contributed by atoms with van der Waals surface area (Å²) in [4.78, 5) is 0. The minimum Gasteiger partial charge on any atom is -0.508 e. The number of benzene rings is 1. The first kappa shape index (κ1) is 13.4. The van der Waals surface area contributed by atoms with Crippen LogP contribution in [0.15, 0.2) is 12.1 Å². The fraction of sp³-hybridized carbons (Fsp3) is 0.600. The molecule has 0 saturated carbocycles. The highest BCUT2D eigenvalue weighted by atomic mass is 16.5. The minimum atomic E-state index is 0.236. The Labute approximate surface area is 109 Å². The van der Waals surface area contributed by atoms with Gasteiger partial charge in [-0.3, -0.25) is 0 Å². The molecular weight excluding hydrogens is 226 g/mol. The maximum atomic E-state index is 10.1. The number of aryl methyl sites for hydroxylation is 1. The van der Waals surface area contributed by atoms with Crippen molar-refractivity contribution in [2.45, 2.75) is 45.2 Å². The Bertz CT molecular complexity index is 431. The molecule has 100 valence electrons. The second kappa shape index (κ2) is 5.29. The fourth-order valence-electron chi connectivity index (χ4n) is 3.14. The van der Waals surface area contributed by atoms with Crippen LogP contribution in [0.4, 0.5) is 0 Å². The zero-order chi connectivity index (χ0) is 13.3. The third-order valence-corrected chi connectivity index (χ3v) is 3.82. The first-order valence-electron chi connectivity index (χ1n) is 6.62. The Morgan fingerprint density at radius 3 is 2.83 bits per heavy atom. The number of rotatable bonds is 4. The van der Waals surface area contributed by atoms with E-state index in [9.17, 15) is 5.11 Å². The van der Waals surface area contributed by atoms with Crippen molar-refractivity contribution < 1.29 is 9.84 Å². The van der Waals surface area contributed by atoms with Gasteiger partial charge in [-0.2, -0.15) is 0 Å². The molecule has 0 saturated heterocycles. The molecule has 2 rings (SSSR count). The Balaban J connectivity index is 2.27. The van der Waals surface area contributed by atoms with Gasteiger partial charge in [0.15, 0.2) is 0 Å². The van der Waals surface area contributed by atoms with E-state index in [0.29, 0.717) is 18.3 Å². The van der Waals surface area contributed by atoms with Gasteiger partial charge in [0, 0.05) is 24.8 Å². The van der Waals surface area contributed by atoms with E-state index in [4.69, 9.17) is 4.74 Å². The van der Waals surface area contributed by atoms with Crippen molar-refractivity contribution >= 4 is 0 Å². The van der Waals surface area contributed by atoms with Crippen LogP contribution in [0.25, 0.3) is 0 Å². The number of hydrogen-bond donors (Lipinski definition) is 2. The molecule has 1 aliphatic carbocycles. The van der Waals surface area contributed by atoms with Crippen LogP contribution < -0.4 is 5.32 Å². The Hall–Kier alpha value is -1.06. The standard InChI is InChI=1S/C15H23NO2/c1-9-5-6-13(17)15-12(7-10(2)14(9)15)16-11(3)8-18-4/h5-6,10-12,16-17H,7-8H2,1-4H3. The first-order valence-corrected chi connectivity index (χ1v) is 6.62. The number of ether oxygens (including phenoxy) is 1. The van der Waals surface area contributed by atoms with Gasteiger partial charge >= 0.3 is 0 Å². The van der Waals surface area contributed by atoms with Crippen molar-refractivity contribution in [3.63, 3.8) is 0 Å². The lowest BCUT2D eigenvalue weighted by atomic mass is 9.97. The SMILES string of the molecule is COCC(C)NC1CC(C)c2c(C)ccc(O)c21. The zero-order valence-corrected chi connectivity index (χ0v) is 11.7. The van der Waals surface area contributed by atoms with Crippen molar-refractivity contribution in [2.75, 3.05) is 13.7 Å². The molecule has 1 aliphatic rings. The molecule has 3 nitrogen and oxygen atoms in total. The van der Waals surface area contributed by atoms with Gasteiger partial charge in [0.1, 0.15) is 5.75 Å². The van der Waals surface area contributed by atoms with Crippen molar-refractivity contribution in [3.8, 4) is 5.75 Å². The van der Waals surface area contributed by atoms with Gasteiger partial charge in [0.2, 0.25) is 0 Å². The van der Waals surface area contributed by atoms with Crippen LogP contribution in [0.2, 0.25) is 0 Å². The van der Waals surface area contributed by atoms with Gasteiger partial charge < -0.3 is 15.2 Å². The summed E-state index contributed by atoms with van der Waals surface area (Å²) in [5.74, 6) is 0.918. The van der Waals surface area contributed by atoms with E-state index >= 15 is 0 Å². The maximum Gasteiger partial charge on any atom is 0.120 e. The molecular formula is C15H23NO2. The molecule has 1 aromatic carbocycles. The molecule has 18 heavy (non-hydrogen) atoms. The highest BCUT2D eigenvalue weighted by Gasteiger charge is 2.32. The predicted octanol–water partition coefficient (Wildman–Crippen LogP) is 2.87. The summed E-state index contributed by atoms with van der Waals surface area (Å²) in [6, 6.07) is 4.34. The monoisotopic (exact) mass is 249 g/mol. The van der Waals surface area contributed by atoms with E-state index in [1.54, 1.807) is 7.11 Å². The summed E-state index contributed by atoms with van der Waals surface area (Å²) in [7, 11) is 1.71. The molecule has 3 unspecified atom stereocenters. The fourth-order valence-corrected chi connectivity index (χ4v) is 3.14. The van der Waals surface area contributed by atoms with E-state index in [0.717, 1.165) is 12.0 Å². The summed E-state index contributed by atoms with van der Waals surface area (Å²) in [5.41, 5.74) is 3.68. The van der Waals surface area contributed by atoms with E-state index in [1.807, 2.05) is 12.1 Å². The van der Waals surface area contributed by atoms with Gasteiger partial charge in [0.05, 0.1) is 6.61 Å². The summed E-state index contributed by atoms with van der Waals surface area (Å²) < 4.78 is 5.16. The van der Waals surface area contributed by atoms with Gasteiger partial charge in [-0.15, -0.1) is 0 Å². The highest BCUT2D eigenvalue weighted by molar-refractivity contribution is 5.50. The molecule has 0 radical (unpaired) electrons. The van der Waals surface area contributed by atoms with Crippen LogP contribution in [0.3, 0.4) is 0 Å². The van der Waals surface area contributed by atoms with Crippen molar-refractivity contribution in [1.82, 2.24) is 5.32 Å². The molecule has 0 spiro atoms. The molecule has 0 bridgehead atoms. The summed E-state index contributed by atoms with van der Waals surface area (Å²) in [5, 5.41) is 13.7. The molecule has 3 atom stereocenters. The van der Waals surface area contributed by atoms with Gasteiger partial charge in [-0.05, 0) is 43.4 Å². The van der Waals surface area contributed by atoms with Gasteiger partial charge in [-0.25, -0.2) is 0 Å². The van der Waals surface area contributed by atoms with Crippen LogP contribution in [-0.4, -0.2) is 24.9 Å². The molecule has 0 aromatic heterocycles. The Morgan fingerprint density at radius 1 is 1.44 bits per heavy atom. The topological polar surface area (TPSA) is 41.5 Å². The van der Waals surface area contributed by atoms with E-state index in [2.05, 4.69) is 26.1 Å². The first-order chi connectivity index (χ1) is 8.54. The average molecular weight is 249 g/mol. The lowest BCUT2D eigenvalue weighted by Crippen LogP contribution is -2.32. The van der Waals surface area contributed by atoms with Crippen LogP contribution in [0.1, 0.15) is 48.9 Å². The van der Waals surface area contributed by atoms with Crippen LogP contribution in [0, 0.1) is 6.92 Å². The third kappa shape index (κ3) is 2.38. The van der Waals surface area contributed by atoms with E-state index in [1.165, 1.54) is 11.1 Å². The van der Waals surface area contributed by atoms with Crippen molar-refractivity contribution in [2.24, 2.45) is 0 Å². The summed E-state index contributed by atoms with van der Waals surface area (Å²) in [6.45, 7) is 7.15. The van der Waals surface area contributed by atoms with Crippen LogP contribution in [0.5, 0.6) is 5.75 Å². The number of methoxy groups -OCH3 is 1. The number of hydrogen-bond acceptors (Lipinski definition) is 3. The summed E-state index contributed by atoms with van der Waals surface area (Å²) >= 11 is 0. The predicted molar refractivity (Wildman–Crippen MR) is 73.1 cm³/mol. The number of phenolic OH excluding ortho intramolecular Hbond substituents is 1. The number of nitrogens with one attached hydrogen (secondary N) is 1. The smallest absolute Gasteiger partial charge is 0.120 e. The van der Waals surface area contributed by atoms with E-state index < -0.39 is 0 Å². The lowest BCUT2D eigenvalue weighted by molar-refractivity contribution is 0.166. The average Bonchev–Trinajstić information content (AvgIpc) is 2.62. The molecule has 0 fully saturated rings. The van der Waals surface area contributed by atoms with Crippen LogP contribution >= 0.6 is 0 Å². The van der Waals surface area contributed by atoms with Gasteiger partial charge in [-0.1, -0.05) is 13.0 Å². The Kier molecular flexibility index (Phi) is 3.93. The minimum absolute atomic E-state index is 0.236. The Morgan fingerprint density at radius 2 is 2.17 bits per heavy atom. The normalized spacial score (nSPS) is 24.0. The molecule has 0 amide bonds. The van der Waals surface area contributed by atoms with Gasteiger partial charge in [0.25, 0.3) is 0 Å². The maximum absolute atomic E-state index is 10.1. The number of phenols is 1. The second-order valence-corrected chi connectivity index (χ2v) is 5.44. The zero-order valence-electron chi connectivity index (χ0n) is 11.7. The molecule has 1 aromatic rings. The number of aromatic hydroxyl groups is 1. The molecule has 0 aliphatic heterocycles.